The van der Waals surface area contributed by atoms with Crippen molar-refractivity contribution in [3.63, 3.8) is 0 Å². The lowest BCUT2D eigenvalue weighted by molar-refractivity contribution is 0.627. The minimum absolute atomic E-state index is 0.150. The number of halogens is 2. The molecule has 0 bridgehead atoms. The molecule has 0 fully saturated rings. The van der Waals surface area contributed by atoms with Gasteiger partial charge >= 0.3 is 0 Å². The summed E-state index contributed by atoms with van der Waals surface area (Å²) >= 11 is 6.13. The van der Waals surface area contributed by atoms with Crippen LogP contribution in [0.3, 0.4) is 0 Å². The van der Waals surface area contributed by atoms with E-state index in [1.807, 2.05) is 30.3 Å². The van der Waals surface area contributed by atoms with Gasteiger partial charge in [-0.1, -0.05) is 29.8 Å². The molecule has 0 amide bonds. The van der Waals surface area contributed by atoms with Crippen LogP contribution in [0.1, 0.15) is 20.8 Å². The molecule has 23 heavy (non-hydrogen) atoms. The molecule has 1 N–H and O–H groups in total. The highest BCUT2D eigenvalue weighted by Gasteiger charge is 2.15. The van der Waals surface area contributed by atoms with E-state index in [0.29, 0.717) is 5.02 Å². The van der Waals surface area contributed by atoms with Crippen molar-refractivity contribution in [3.8, 4) is 11.3 Å². The van der Waals surface area contributed by atoms with Crippen LogP contribution in [0, 0.1) is 5.82 Å². The van der Waals surface area contributed by atoms with Crippen LogP contribution >= 0.6 is 11.6 Å². The maximum atomic E-state index is 13.5. The standard InChI is InChI=1S/C19H18ClFN2/c1-19(2,3)23-18-16-11-14(20)8-7-12(16)10-17(22-18)13-5-4-6-15(21)9-13/h4-11H,1-3H3,(H,22,23). The zero-order chi connectivity index (χ0) is 16.6. The number of rotatable bonds is 2. The topological polar surface area (TPSA) is 24.9 Å². The summed E-state index contributed by atoms with van der Waals surface area (Å²) in [4.78, 5) is 4.70. The Bertz CT molecular complexity index is 869. The van der Waals surface area contributed by atoms with Gasteiger partial charge in [0.05, 0.1) is 5.69 Å². The van der Waals surface area contributed by atoms with Gasteiger partial charge in [0.15, 0.2) is 0 Å². The lowest BCUT2D eigenvalue weighted by Crippen LogP contribution is -2.26. The number of nitrogens with zero attached hydrogens (tertiary/aromatic N) is 1. The maximum absolute atomic E-state index is 13.5. The van der Waals surface area contributed by atoms with Gasteiger partial charge in [0.1, 0.15) is 11.6 Å². The van der Waals surface area contributed by atoms with E-state index in [4.69, 9.17) is 16.6 Å². The molecule has 0 saturated heterocycles. The van der Waals surface area contributed by atoms with Crippen molar-refractivity contribution in [2.45, 2.75) is 26.3 Å². The zero-order valence-electron chi connectivity index (χ0n) is 13.3. The molecule has 0 spiro atoms. The minimum Gasteiger partial charge on any atom is -0.365 e. The highest BCUT2D eigenvalue weighted by atomic mass is 35.5. The van der Waals surface area contributed by atoms with Gasteiger partial charge in [0.25, 0.3) is 0 Å². The number of hydrogen-bond acceptors (Lipinski definition) is 2. The lowest BCUT2D eigenvalue weighted by Gasteiger charge is -2.23. The molecular formula is C19H18ClFN2. The molecule has 3 rings (SSSR count). The maximum Gasteiger partial charge on any atom is 0.135 e. The summed E-state index contributed by atoms with van der Waals surface area (Å²) in [6.07, 6.45) is 0. The van der Waals surface area contributed by atoms with Gasteiger partial charge in [-0.15, -0.1) is 0 Å². The number of aromatic nitrogens is 1. The molecular weight excluding hydrogens is 311 g/mol. The van der Waals surface area contributed by atoms with E-state index in [-0.39, 0.29) is 11.4 Å². The molecule has 0 aliphatic rings. The monoisotopic (exact) mass is 328 g/mol. The predicted molar refractivity (Wildman–Crippen MR) is 95.5 cm³/mol. The SMILES string of the molecule is CC(C)(C)Nc1nc(-c2cccc(F)c2)cc2ccc(Cl)cc12. The van der Waals surface area contributed by atoms with E-state index in [1.165, 1.54) is 12.1 Å². The second-order valence-electron chi connectivity index (χ2n) is 6.61. The van der Waals surface area contributed by atoms with Crippen molar-refractivity contribution < 1.29 is 4.39 Å². The van der Waals surface area contributed by atoms with Crippen molar-refractivity contribution in [2.24, 2.45) is 0 Å². The predicted octanol–water partition coefficient (Wildman–Crippen LogP) is 5.90. The Balaban J connectivity index is 2.23. The highest BCUT2D eigenvalue weighted by molar-refractivity contribution is 6.31. The first kappa shape index (κ1) is 15.8. The van der Waals surface area contributed by atoms with Gasteiger partial charge in [0, 0.05) is 21.5 Å². The second-order valence-corrected chi connectivity index (χ2v) is 7.04. The number of anilines is 1. The molecule has 2 nitrogen and oxygen atoms in total. The summed E-state index contributed by atoms with van der Waals surface area (Å²) in [5.74, 6) is 0.475. The van der Waals surface area contributed by atoms with Crippen LogP contribution in [0.4, 0.5) is 10.2 Å². The summed E-state index contributed by atoms with van der Waals surface area (Å²) in [5, 5.41) is 6.04. The highest BCUT2D eigenvalue weighted by Crippen LogP contribution is 2.31. The van der Waals surface area contributed by atoms with Crippen molar-refractivity contribution in [1.29, 1.82) is 0 Å². The summed E-state index contributed by atoms with van der Waals surface area (Å²) in [6, 6.07) is 14.1. The summed E-state index contributed by atoms with van der Waals surface area (Å²) in [6.45, 7) is 6.21. The average Bonchev–Trinajstić information content (AvgIpc) is 2.46. The van der Waals surface area contributed by atoms with E-state index in [2.05, 4.69) is 26.1 Å². The van der Waals surface area contributed by atoms with Gasteiger partial charge in [-0.2, -0.15) is 0 Å². The molecule has 0 aliphatic carbocycles. The molecule has 1 heterocycles. The molecule has 1 aromatic heterocycles. The number of pyridine rings is 1. The van der Waals surface area contributed by atoms with Gasteiger partial charge in [-0.3, -0.25) is 0 Å². The van der Waals surface area contributed by atoms with Gasteiger partial charge in [-0.05, 0) is 56.5 Å². The van der Waals surface area contributed by atoms with Crippen LogP contribution in [-0.2, 0) is 0 Å². The second kappa shape index (κ2) is 5.82. The van der Waals surface area contributed by atoms with Crippen LogP contribution in [0.15, 0.2) is 48.5 Å². The number of nitrogens with one attached hydrogen (secondary N) is 1. The van der Waals surface area contributed by atoms with Crippen LogP contribution in [0.25, 0.3) is 22.0 Å². The Morgan fingerprint density at radius 3 is 2.52 bits per heavy atom. The molecule has 0 radical (unpaired) electrons. The van der Waals surface area contributed by atoms with Crippen LogP contribution in [0.5, 0.6) is 0 Å². The third kappa shape index (κ3) is 3.62. The fourth-order valence-electron chi connectivity index (χ4n) is 2.47. The molecule has 118 valence electrons. The summed E-state index contributed by atoms with van der Waals surface area (Å²) in [5.41, 5.74) is 1.33. The van der Waals surface area contributed by atoms with E-state index in [9.17, 15) is 4.39 Å². The lowest BCUT2D eigenvalue weighted by atomic mass is 10.0. The summed E-state index contributed by atoms with van der Waals surface area (Å²) in [7, 11) is 0. The van der Waals surface area contributed by atoms with E-state index in [1.54, 1.807) is 6.07 Å². The quantitative estimate of drug-likeness (QED) is 0.633. The van der Waals surface area contributed by atoms with Crippen LogP contribution in [-0.4, -0.2) is 10.5 Å². The first-order chi connectivity index (χ1) is 10.8. The Kier molecular flexibility index (Phi) is 3.99. The van der Waals surface area contributed by atoms with E-state index in [0.717, 1.165) is 27.8 Å². The van der Waals surface area contributed by atoms with Crippen LogP contribution < -0.4 is 5.32 Å². The average molecular weight is 329 g/mol. The van der Waals surface area contributed by atoms with Gasteiger partial charge in [-0.25, -0.2) is 9.37 Å². The normalized spacial score (nSPS) is 11.7. The molecule has 0 aliphatic heterocycles. The first-order valence-electron chi connectivity index (χ1n) is 7.46. The molecule has 0 unspecified atom stereocenters. The fraction of sp³-hybridized carbons (Fsp3) is 0.211. The van der Waals surface area contributed by atoms with E-state index < -0.39 is 0 Å². The molecule has 0 saturated carbocycles. The van der Waals surface area contributed by atoms with Gasteiger partial charge in [0.2, 0.25) is 0 Å². The number of fused-ring (bicyclic) bond motifs is 1. The molecule has 3 aromatic rings. The third-order valence-electron chi connectivity index (χ3n) is 3.41. The largest absolute Gasteiger partial charge is 0.365 e. The number of hydrogen-bond donors (Lipinski definition) is 1. The summed E-state index contributed by atoms with van der Waals surface area (Å²) < 4.78 is 13.5. The Hall–Kier alpha value is -2.13. The van der Waals surface area contributed by atoms with Crippen molar-refractivity contribution in [1.82, 2.24) is 4.98 Å². The van der Waals surface area contributed by atoms with Gasteiger partial charge < -0.3 is 5.32 Å². The van der Waals surface area contributed by atoms with Crippen molar-refractivity contribution in [3.05, 3.63) is 59.4 Å². The van der Waals surface area contributed by atoms with Crippen LogP contribution in [0.2, 0.25) is 5.02 Å². The van der Waals surface area contributed by atoms with Crippen molar-refractivity contribution >= 4 is 28.2 Å². The fourth-order valence-corrected chi connectivity index (χ4v) is 2.64. The Morgan fingerprint density at radius 2 is 1.83 bits per heavy atom. The first-order valence-corrected chi connectivity index (χ1v) is 7.84. The Labute approximate surface area is 140 Å². The molecule has 0 atom stereocenters. The van der Waals surface area contributed by atoms with Crippen molar-refractivity contribution in [2.75, 3.05) is 5.32 Å². The third-order valence-corrected chi connectivity index (χ3v) is 3.64. The molecule has 2 aromatic carbocycles. The Morgan fingerprint density at radius 1 is 1.04 bits per heavy atom. The minimum atomic E-state index is -0.272. The smallest absolute Gasteiger partial charge is 0.135 e. The number of benzene rings is 2. The molecule has 4 heteroatoms. The van der Waals surface area contributed by atoms with E-state index >= 15 is 0 Å². The zero-order valence-corrected chi connectivity index (χ0v) is 14.1.